The second-order valence-corrected chi connectivity index (χ2v) is 5.19. The molecule has 1 aliphatic heterocycles. The number of hydrogen-bond donors (Lipinski definition) is 0. The highest BCUT2D eigenvalue weighted by molar-refractivity contribution is 8.02. The quantitative estimate of drug-likeness (QED) is 0.822. The van der Waals surface area contributed by atoms with E-state index in [2.05, 4.69) is 52.9 Å². The molecule has 19 heavy (non-hydrogen) atoms. The van der Waals surface area contributed by atoms with Gasteiger partial charge < -0.3 is 9.64 Å². The average molecular weight is 269 g/mol. The number of nitrogens with zero attached hydrogens (tertiary/aromatic N) is 1. The monoisotopic (exact) mass is 269 g/mol. The van der Waals surface area contributed by atoms with Crippen LogP contribution in [0, 0.1) is 0 Å². The summed E-state index contributed by atoms with van der Waals surface area (Å²) in [7, 11) is 1.69. The molecule has 0 amide bonds. The van der Waals surface area contributed by atoms with Gasteiger partial charge in [0.05, 0.1) is 13.0 Å². The molecule has 0 aromatic heterocycles. The zero-order valence-electron chi connectivity index (χ0n) is 10.7. The summed E-state index contributed by atoms with van der Waals surface area (Å²) in [5, 5.41) is 2.13. The molecule has 2 aromatic carbocycles. The molecule has 0 spiro atoms. The summed E-state index contributed by atoms with van der Waals surface area (Å²) in [6, 6.07) is 16.8. The summed E-state index contributed by atoms with van der Waals surface area (Å²) in [6.45, 7) is 0. The lowest BCUT2D eigenvalue weighted by Crippen LogP contribution is -2.10. The van der Waals surface area contributed by atoms with Gasteiger partial charge in [0.2, 0.25) is 0 Å². The van der Waals surface area contributed by atoms with Gasteiger partial charge in [0.15, 0.2) is 0 Å². The molecular weight excluding hydrogens is 254 g/mol. The van der Waals surface area contributed by atoms with E-state index in [1.807, 2.05) is 23.9 Å². The van der Waals surface area contributed by atoms with Crippen LogP contribution in [-0.2, 0) is 0 Å². The molecule has 0 N–H and O–H groups in total. The van der Waals surface area contributed by atoms with E-state index in [1.165, 1.54) is 16.8 Å². The number of hydrogen-bond acceptors (Lipinski definition) is 3. The smallest absolute Gasteiger partial charge is 0.118 e. The van der Waals surface area contributed by atoms with Crippen molar-refractivity contribution in [1.29, 1.82) is 0 Å². The van der Waals surface area contributed by atoms with Crippen LogP contribution in [0.5, 0.6) is 5.75 Å². The van der Waals surface area contributed by atoms with Crippen molar-refractivity contribution in [2.24, 2.45) is 0 Å². The molecule has 1 aliphatic rings. The van der Waals surface area contributed by atoms with Crippen LogP contribution in [0.4, 0.5) is 5.69 Å². The lowest BCUT2D eigenvalue weighted by Gasteiger charge is -2.15. The first-order chi connectivity index (χ1) is 9.36. The van der Waals surface area contributed by atoms with Gasteiger partial charge in [0, 0.05) is 11.9 Å². The highest BCUT2D eigenvalue weighted by atomic mass is 32.2. The van der Waals surface area contributed by atoms with Crippen LogP contribution in [0.1, 0.15) is 0 Å². The van der Waals surface area contributed by atoms with E-state index in [1.54, 1.807) is 7.11 Å². The Kier molecular flexibility index (Phi) is 3.47. The van der Waals surface area contributed by atoms with Gasteiger partial charge in [0.1, 0.15) is 5.75 Å². The Bertz CT molecular complexity index is 592. The summed E-state index contributed by atoms with van der Waals surface area (Å²) in [4.78, 5) is 2.25. The van der Waals surface area contributed by atoms with Gasteiger partial charge in [-0.25, -0.2) is 0 Å². The molecule has 0 saturated carbocycles. The van der Waals surface area contributed by atoms with Crippen molar-refractivity contribution in [2.45, 2.75) is 0 Å². The van der Waals surface area contributed by atoms with Gasteiger partial charge in [0.25, 0.3) is 0 Å². The lowest BCUT2D eigenvalue weighted by atomic mass is 10.0. The maximum absolute atomic E-state index is 5.19. The van der Waals surface area contributed by atoms with Crippen molar-refractivity contribution in [3.05, 3.63) is 60.1 Å². The molecule has 3 heteroatoms. The molecule has 2 aromatic rings. The van der Waals surface area contributed by atoms with Crippen LogP contribution < -0.4 is 9.64 Å². The van der Waals surface area contributed by atoms with Crippen molar-refractivity contribution in [2.75, 3.05) is 17.9 Å². The maximum atomic E-state index is 5.19. The molecule has 96 valence electrons. The summed E-state index contributed by atoms with van der Waals surface area (Å²) < 4.78 is 5.19. The van der Waals surface area contributed by atoms with Gasteiger partial charge in [-0.1, -0.05) is 24.3 Å². The average Bonchev–Trinajstić information content (AvgIpc) is 3.02. The van der Waals surface area contributed by atoms with E-state index in [0.717, 1.165) is 11.6 Å². The van der Waals surface area contributed by atoms with E-state index < -0.39 is 0 Å². The Morgan fingerprint density at radius 3 is 2.58 bits per heavy atom. The largest absolute Gasteiger partial charge is 0.497 e. The first kappa shape index (κ1) is 12.2. The van der Waals surface area contributed by atoms with E-state index >= 15 is 0 Å². The number of ether oxygens (including phenoxy) is 1. The third kappa shape index (κ3) is 2.61. The fourth-order valence-electron chi connectivity index (χ4n) is 2.09. The maximum Gasteiger partial charge on any atom is 0.118 e. The third-order valence-corrected chi connectivity index (χ3v) is 3.89. The molecule has 0 radical (unpaired) electrons. The van der Waals surface area contributed by atoms with Crippen molar-refractivity contribution in [3.8, 4) is 16.9 Å². The minimum Gasteiger partial charge on any atom is -0.497 e. The topological polar surface area (TPSA) is 12.5 Å². The van der Waals surface area contributed by atoms with Crippen LogP contribution in [0.15, 0.2) is 60.1 Å². The number of thioether (sulfide) groups is 1. The molecule has 0 saturated heterocycles. The van der Waals surface area contributed by atoms with Crippen LogP contribution in [0.3, 0.4) is 0 Å². The number of benzene rings is 2. The second-order valence-electron chi connectivity index (χ2n) is 4.33. The first-order valence-corrected chi connectivity index (χ1v) is 7.21. The number of anilines is 1. The van der Waals surface area contributed by atoms with Crippen molar-refractivity contribution < 1.29 is 4.74 Å². The Labute approximate surface area is 117 Å². The molecule has 1 heterocycles. The molecule has 0 aliphatic carbocycles. The Morgan fingerprint density at radius 2 is 1.89 bits per heavy atom. The van der Waals surface area contributed by atoms with Gasteiger partial charge >= 0.3 is 0 Å². The van der Waals surface area contributed by atoms with E-state index in [0.29, 0.717) is 0 Å². The third-order valence-electron chi connectivity index (χ3n) is 3.15. The van der Waals surface area contributed by atoms with E-state index in [9.17, 15) is 0 Å². The van der Waals surface area contributed by atoms with E-state index in [4.69, 9.17) is 4.74 Å². The van der Waals surface area contributed by atoms with Crippen LogP contribution in [-0.4, -0.2) is 13.0 Å². The lowest BCUT2D eigenvalue weighted by molar-refractivity contribution is 0.415. The molecule has 2 nitrogen and oxygen atoms in total. The predicted octanol–water partition coefficient (Wildman–Crippen LogP) is 4.34. The Balaban J connectivity index is 1.91. The molecule has 0 atom stereocenters. The summed E-state index contributed by atoms with van der Waals surface area (Å²) in [5.41, 5.74) is 3.67. The van der Waals surface area contributed by atoms with Gasteiger partial charge in [-0.05, 0) is 40.8 Å². The second kappa shape index (κ2) is 5.41. The van der Waals surface area contributed by atoms with E-state index in [-0.39, 0.29) is 0 Å². The van der Waals surface area contributed by atoms with Crippen molar-refractivity contribution in [3.63, 3.8) is 0 Å². The van der Waals surface area contributed by atoms with Crippen molar-refractivity contribution in [1.82, 2.24) is 0 Å². The highest BCUT2D eigenvalue weighted by Gasteiger charge is 2.08. The minimum atomic E-state index is 0.888. The van der Waals surface area contributed by atoms with Gasteiger partial charge in [-0.3, -0.25) is 0 Å². The van der Waals surface area contributed by atoms with Crippen LogP contribution in [0.25, 0.3) is 11.1 Å². The molecule has 3 rings (SSSR count). The van der Waals surface area contributed by atoms with Crippen LogP contribution in [0.2, 0.25) is 0 Å². The Morgan fingerprint density at radius 1 is 1.05 bits per heavy atom. The van der Waals surface area contributed by atoms with Gasteiger partial charge in [-0.15, -0.1) is 11.8 Å². The van der Waals surface area contributed by atoms with Gasteiger partial charge in [-0.2, -0.15) is 0 Å². The van der Waals surface area contributed by atoms with Crippen molar-refractivity contribution >= 4 is 17.4 Å². The molecule has 0 fully saturated rings. The fourth-order valence-corrected chi connectivity index (χ4v) is 2.81. The SMILES string of the molecule is COc1ccc(-c2cccc(N3C=CSC3)c2)cc1. The highest BCUT2D eigenvalue weighted by Crippen LogP contribution is 2.29. The molecular formula is C16H15NOS. The number of methoxy groups -OCH3 is 1. The minimum absolute atomic E-state index is 0.888. The van der Waals surface area contributed by atoms with Crippen LogP contribution >= 0.6 is 11.8 Å². The number of rotatable bonds is 3. The predicted molar refractivity (Wildman–Crippen MR) is 82.5 cm³/mol. The summed E-state index contributed by atoms with van der Waals surface area (Å²) in [5.74, 6) is 1.88. The molecule has 0 unspecified atom stereocenters. The Hall–Kier alpha value is -1.87. The zero-order valence-corrected chi connectivity index (χ0v) is 11.6. The standard InChI is InChI=1S/C16H15NOS/c1-18-16-7-5-13(6-8-16)14-3-2-4-15(11-14)17-9-10-19-12-17/h2-11H,12H2,1H3. The molecule has 0 bridgehead atoms. The fraction of sp³-hybridized carbons (Fsp3) is 0.125. The first-order valence-electron chi connectivity index (χ1n) is 6.16. The summed E-state index contributed by atoms with van der Waals surface area (Å²) >= 11 is 1.81. The normalized spacial score (nSPS) is 13.8. The summed E-state index contributed by atoms with van der Waals surface area (Å²) in [6.07, 6.45) is 2.12. The zero-order chi connectivity index (χ0) is 13.1.